The summed E-state index contributed by atoms with van der Waals surface area (Å²) in [5.41, 5.74) is 2.71. The van der Waals surface area contributed by atoms with Gasteiger partial charge in [0.15, 0.2) is 5.78 Å². The van der Waals surface area contributed by atoms with E-state index in [0.29, 0.717) is 31.7 Å². The fraction of sp³-hybridized carbons (Fsp3) is 0.296. The molecule has 0 unspecified atom stereocenters. The predicted molar refractivity (Wildman–Crippen MR) is 133 cm³/mol. The molecule has 3 rings (SSSR count). The fourth-order valence-corrected chi connectivity index (χ4v) is 3.46. The molecular weight excluding hydrogens is 432 g/mol. The molecule has 1 N–H and O–H groups in total. The average Bonchev–Trinajstić information content (AvgIpc) is 2.81. The van der Waals surface area contributed by atoms with Gasteiger partial charge in [0, 0.05) is 43.5 Å². The maximum Gasteiger partial charge on any atom is 0.410 e. The number of amides is 1. The number of hydrogen-bond acceptors (Lipinski definition) is 5. The monoisotopic (exact) mass is 462 g/mol. The average molecular weight is 463 g/mol. The molecule has 0 aliphatic carbocycles. The molecule has 1 aliphatic rings. The molecule has 1 aliphatic heterocycles. The molecule has 0 radical (unpaired) electrons. The van der Waals surface area contributed by atoms with Crippen LogP contribution in [0.1, 0.15) is 42.3 Å². The molecular formula is C27H30N2O5. The Morgan fingerprint density at radius 3 is 1.85 bits per heavy atom. The molecule has 0 atom stereocenters. The molecule has 7 heteroatoms. The van der Waals surface area contributed by atoms with Crippen molar-refractivity contribution >= 4 is 35.7 Å². The fourth-order valence-electron chi connectivity index (χ4n) is 3.46. The number of aliphatic carboxylic acids is 1. The number of rotatable bonds is 6. The first-order chi connectivity index (χ1) is 16.1. The molecule has 1 amide bonds. The van der Waals surface area contributed by atoms with E-state index < -0.39 is 11.6 Å². The lowest BCUT2D eigenvalue weighted by atomic mass is 10.1. The Kier molecular flexibility index (Phi) is 7.89. The molecule has 1 fully saturated rings. The lowest BCUT2D eigenvalue weighted by Crippen LogP contribution is -2.50. The van der Waals surface area contributed by atoms with E-state index in [2.05, 4.69) is 4.90 Å². The maximum atomic E-state index is 12.5. The Morgan fingerprint density at radius 1 is 0.824 bits per heavy atom. The van der Waals surface area contributed by atoms with Gasteiger partial charge in [0.25, 0.3) is 0 Å². The van der Waals surface area contributed by atoms with Crippen LogP contribution in [0.3, 0.4) is 0 Å². The molecule has 1 heterocycles. The number of carboxylic acid groups (broad SMARTS) is 1. The van der Waals surface area contributed by atoms with Gasteiger partial charge in [0.05, 0.1) is 0 Å². The van der Waals surface area contributed by atoms with E-state index >= 15 is 0 Å². The van der Waals surface area contributed by atoms with Crippen molar-refractivity contribution in [3.63, 3.8) is 0 Å². The summed E-state index contributed by atoms with van der Waals surface area (Å²) in [7, 11) is 0. The van der Waals surface area contributed by atoms with Gasteiger partial charge in [0.1, 0.15) is 5.60 Å². The zero-order valence-corrected chi connectivity index (χ0v) is 19.7. The van der Waals surface area contributed by atoms with Gasteiger partial charge in [-0.05, 0) is 68.3 Å². The molecule has 0 saturated carbocycles. The standard InChI is InChI=1S/C27H30N2O5/c1-27(2,3)34-26(33)29-18-16-28(17-19-29)23-12-10-22(11-13-23)24(30)14-8-20-4-6-21(7-5-20)9-15-25(31)32/h4-15H,16-19H2,1-3H3,(H,31,32)/b14-8+,15-9+. The molecule has 0 spiro atoms. The van der Waals surface area contributed by atoms with Crippen molar-refractivity contribution in [3.05, 3.63) is 77.4 Å². The Bertz CT molecular complexity index is 1070. The van der Waals surface area contributed by atoms with Gasteiger partial charge in [-0.15, -0.1) is 0 Å². The third-order valence-electron chi connectivity index (χ3n) is 5.23. The van der Waals surface area contributed by atoms with Gasteiger partial charge in [-0.2, -0.15) is 0 Å². The Balaban J connectivity index is 1.54. The Morgan fingerprint density at radius 2 is 1.35 bits per heavy atom. The molecule has 178 valence electrons. The van der Waals surface area contributed by atoms with Crippen LogP contribution < -0.4 is 4.90 Å². The molecule has 0 bridgehead atoms. The number of anilines is 1. The van der Waals surface area contributed by atoms with E-state index in [-0.39, 0.29) is 11.9 Å². The highest BCUT2D eigenvalue weighted by atomic mass is 16.6. The second-order valence-electron chi connectivity index (χ2n) is 9.04. The molecule has 0 aromatic heterocycles. The summed E-state index contributed by atoms with van der Waals surface area (Å²) in [6.07, 6.45) is 5.57. The summed E-state index contributed by atoms with van der Waals surface area (Å²) in [4.78, 5) is 39.3. The second-order valence-corrected chi connectivity index (χ2v) is 9.04. The van der Waals surface area contributed by atoms with Crippen LogP contribution in [0.15, 0.2) is 60.7 Å². The molecule has 2 aromatic carbocycles. The van der Waals surface area contributed by atoms with Crippen molar-refractivity contribution in [1.29, 1.82) is 0 Å². The lowest BCUT2D eigenvalue weighted by molar-refractivity contribution is -0.131. The number of carbonyl (C=O) groups is 3. The first-order valence-electron chi connectivity index (χ1n) is 11.2. The minimum absolute atomic E-state index is 0.101. The number of nitrogens with zero attached hydrogens (tertiary/aromatic N) is 2. The summed E-state index contributed by atoms with van der Waals surface area (Å²) < 4.78 is 5.44. The van der Waals surface area contributed by atoms with Crippen molar-refractivity contribution in [2.75, 3.05) is 31.1 Å². The minimum atomic E-state index is -0.997. The van der Waals surface area contributed by atoms with Crippen molar-refractivity contribution < 1.29 is 24.2 Å². The van der Waals surface area contributed by atoms with E-state index in [1.807, 2.05) is 57.2 Å². The number of allylic oxidation sites excluding steroid dienone is 1. The largest absolute Gasteiger partial charge is 0.478 e. The van der Waals surface area contributed by atoms with Gasteiger partial charge in [0.2, 0.25) is 0 Å². The van der Waals surface area contributed by atoms with Crippen LogP contribution in [0, 0.1) is 0 Å². The van der Waals surface area contributed by atoms with Crippen LogP contribution in [0.25, 0.3) is 12.2 Å². The van der Waals surface area contributed by atoms with E-state index in [0.717, 1.165) is 22.9 Å². The van der Waals surface area contributed by atoms with E-state index in [1.165, 1.54) is 12.2 Å². The topological polar surface area (TPSA) is 87.2 Å². The van der Waals surface area contributed by atoms with Crippen LogP contribution in [-0.2, 0) is 9.53 Å². The summed E-state index contributed by atoms with van der Waals surface area (Å²) in [6, 6.07) is 14.7. The number of benzene rings is 2. The van der Waals surface area contributed by atoms with Crippen molar-refractivity contribution in [2.24, 2.45) is 0 Å². The third kappa shape index (κ3) is 7.33. The first-order valence-corrected chi connectivity index (χ1v) is 11.2. The number of hydrogen-bond donors (Lipinski definition) is 1. The SMILES string of the molecule is CC(C)(C)OC(=O)N1CCN(c2ccc(C(=O)/C=C/c3ccc(/C=C/C(=O)O)cc3)cc2)CC1. The number of piperazine rings is 1. The number of ketones is 1. The normalized spacial score (nSPS) is 14.6. The van der Waals surface area contributed by atoms with Crippen molar-refractivity contribution in [1.82, 2.24) is 4.90 Å². The Hall–Kier alpha value is -3.87. The summed E-state index contributed by atoms with van der Waals surface area (Å²) in [5, 5.41) is 8.68. The van der Waals surface area contributed by atoms with E-state index in [9.17, 15) is 14.4 Å². The number of carbonyl (C=O) groups excluding carboxylic acids is 2. The first kappa shape index (κ1) is 24.8. The van der Waals surface area contributed by atoms with Crippen LogP contribution in [0.4, 0.5) is 10.5 Å². The van der Waals surface area contributed by atoms with Gasteiger partial charge in [-0.3, -0.25) is 4.79 Å². The second kappa shape index (κ2) is 10.8. The molecule has 7 nitrogen and oxygen atoms in total. The van der Waals surface area contributed by atoms with Gasteiger partial charge >= 0.3 is 12.1 Å². The highest BCUT2D eigenvalue weighted by Crippen LogP contribution is 2.19. The van der Waals surface area contributed by atoms with Crippen LogP contribution >= 0.6 is 0 Å². The van der Waals surface area contributed by atoms with E-state index in [4.69, 9.17) is 9.84 Å². The molecule has 2 aromatic rings. The highest BCUT2D eigenvalue weighted by Gasteiger charge is 2.25. The quantitative estimate of drug-likeness (QED) is 0.493. The summed E-state index contributed by atoms with van der Waals surface area (Å²) >= 11 is 0. The van der Waals surface area contributed by atoms with Crippen LogP contribution in [0.5, 0.6) is 0 Å². The smallest absolute Gasteiger partial charge is 0.410 e. The maximum absolute atomic E-state index is 12.5. The summed E-state index contributed by atoms with van der Waals surface area (Å²) in [5.74, 6) is -1.10. The zero-order valence-electron chi connectivity index (χ0n) is 19.7. The van der Waals surface area contributed by atoms with Gasteiger partial charge < -0.3 is 19.6 Å². The van der Waals surface area contributed by atoms with Crippen LogP contribution in [-0.4, -0.2) is 59.6 Å². The minimum Gasteiger partial charge on any atom is -0.478 e. The molecule has 1 saturated heterocycles. The lowest BCUT2D eigenvalue weighted by Gasteiger charge is -2.36. The summed E-state index contributed by atoms with van der Waals surface area (Å²) in [6.45, 7) is 8.15. The van der Waals surface area contributed by atoms with E-state index in [1.54, 1.807) is 23.1 Å². The van der Waals surface area contributed by atoms with Gasteiger partial charge in [-0.1, -0.05) is 30.3 Å². The van der Waals surface area contributed by atoms with Crippen molar-refractivity contribution in [3.8, 4) is 0 Å². The van der Waals surface area contributed by atoms with Crippen molar-refractivity contribution in [2.45, 2.75) is 26.4 Å². The Labute approximate surface area is 199 Å². The van der Waals surface area contributed by atoms with Gasteiger partial charge in [-0.25, -0.2) is 9.59 Å². The zero-order chi connectivity index (χ0) is 24.7. The number of ether oxygens (including phenoxy) is 1. The highest BCUT2D eigenvalue weighted by molar-refractivity contribution is 6.07. The number of carboxylic acids is 1. The van der Waals surface area contributed by atoms with Crippen LogP contribution in [0.2, 0.25) is 0 Å². The molecule has 34 heavy (non-hydrogen) atoms. The predicted octanol–water partition coefficient (Wildman–Crippen LogP) is 4.74. The third-order valence-corrected chi connectivity index (χ3v) is 5.23.